The molecule has 0 unspecified atom stereocenters. The summed E-state index contributed by atoms with van der Waals surface area (Å²) in [5.74, 6) is -0.916. The first-order chi connectivity index (χ1) is 15.0. The van der Waals surface area contributed by atoms with Crippen LogP contribution in [-0.2, 0) is 17.9 Å². The topological polar surface area (TPSA) is 38.8 Å². The fourth-order valence-corrected chi connectivity index (χ4v) is 4.59. The number of carbonyl (C=O) groups is 1. The van der Waals surface area contributed by atoms with Crippen molar-refractivity contribution >= 4 is 5.91 Å². The zero-order valence-electron chi connectivity index (χ0n) is 17.9. The standard InChI is InChI=1S/C24H30F2N4O/c1-28(16-19-7-8-20(25)13-22(19)26)21-14-23(24(31)29-11-9-27-10-12-29)30(17-21)15-18-5-3-2-4-6-18/h2-8,13,21,23,27H,9-12,14-17H2,1H3/t21-,23-/m0/s1. The van der Waals surface area contributed by atoms with E-state index in [0.29, 0.717) is 25.1 Å². The van der Waals surface area contributed by atoms with E-state index in [2.05, 4.69) is 27.2 Å². The third-order valence-electron chi connectivity index (χ3n) is 6.38. The number of hydrogen-bond acceptors (Lipinski definition) is 4. The van der Waals surface area contributed by atoms with E-state index in [1.807, 2.05) is 30.1 Å². The molecule has 0 bridgehead atoms. The summed E-state index contributed by atoms with van der Waals surface area (Å²) in [7, 11) is 1.95. The van der Waals surface area contributed by atoms with E-state index in [1.54, 1.807) is 0 Å². The molecule has 0 spiro atoms. The number of nitrogens with zero attached hydrogens (tertiary/aromatic N) is 3. The number of likely N-dealkylation sites (tertiary alicyclic amines) is 1. The highest BCUT2D eigenvalue weighted by Crippen LogP contribution is 2.27. The van der Waals surface area contributed by atoms with Crippen molar-refractivity contribution in [2.75, 3.05) is 39.8 Å². The van der Waals surface area contributed by atoms with Gasteiger partial charge in [-0.25, -0.2) is 8.78 Å². The number of rotatable bonds is 6. The van der Waals surface area contributed by atoms with Gasteiger partial charge in [-0.1, -0.05) is 36.4 Å². The molecule has 166 valence electrons. The molecule has 2 saturated heterocycles. The minimum absolute atomic E-state index is 0.116. The first kappa shape index (κ1) is 21.9. The second kappa shape index (κ2) is 9.85. The zero-order valence-corrected chi connectivity index (χ0v) is 17.9. The van der Waals surface area contributed by atoms with Crippen molar-refractivity contribution < 1.29 is 13.6 Å². The van der Waals surface area contributed by atoms with Crippen molar-refractivity contribution in [1.29, 1.82) is 0 Å². The predicted molar refractivity (Wildman–Crippen MR) is 116 cm³/mol. The summed E-state index contributed by atoms with van der Waals surface area (Å²) in [5.41, 5.74) is 1.64. The second-order valence-corrected chi connectivity index (χ2v) is 8.55. The van der Waals surface area contributed by atoms with E-state index < -0.39 is 11.6 Å². The maximum atomic E-state index is 14.2. The van der Waals surface area contributed by atoms with Gasteiger partial charge in [-0.3, -0.25) is 14.6 Å². The molecule has 1 amide bonds. The van der Waals surface area contributed by atoms with Gasteiger partial charge in [0.25, 0.3) is 0 Å². The Labute approximate surface area is 182 Å². The molecule has 2 fully saturated rings. The van der Waals surface area contributed by atoms with E-state index in [9.17, 15) is 13.6 Å². The summed E-state index contributed by atoms with van der Waals surface area (Å²) in [4.78, 5) is 19.6. The number of halogens is 2. The fourth-order valence-electron chi connectivity index (χ4n) is 4.59. The molecule has 0 radical (unpaired) electrons. The van der Waals surface area contributed by atoms with E-state index >= 15 is 0 Å². The van der Waals surface area contributed by atoms with Gasteiger partial charge in [0.2, 0.25) is 5.91 Å². The van der Waals surface area contributed by atoms with Crippen molar-refractivity contribution in [1.82, 2.24) is 20.0 Å². The Balaban J connectivity index is 1.49. The monoisotopic (exact) mass is 428 g/mol. The molecule has 31 heavy (non-hydrogen) atoms. The summed E-state index contributed by atoms with van der Waals surface area (Å²) < 4.78 is 27.4. The van der Waals surface area contributed by atoms with Crippen LogP contribution < -0.4 is 5.32 Å². The molecule has 2 aromatic rings. The van der Waals surface area contributed by atoms with Crippen LogP contribution in [-0.4, -0.2) is 72.5 Å². The Kier molecular flexibility index (Phi) is 6.95. The van der Waals surface area contributed by atoms with Gasteiger partial charge in [0.05, 0.1) is 6.04 Å². The second-order valence-electron chi connectivity index (χ2n) is 8.55. The minimum atomic E-state index is -0.569. The number of nitrogens with one attached hydrogen (secondary N) is 1. The highest BCUT2D eigenvalue weighted by atomic mass is 19.1. The molecule has 0 aromatic heterocycles. The minimum Gasteiger partial charge on any atom is -0.339 e. The van der Waals surface area contributed by atoms with Crippen molar-refractivity contribution in [2.24, 2.45) is 0 Å². The van der Waals surface area contributed by atoms with Gasteiger partial charge in [0.1, 0.15) is 11.6 Å². The van der Waals surface area contributed by atoms with Crippen LogP contribution in [0.1, 0.15) is 17.5 Å². The SMILES string of the molecule is CN(Cc1ccc(F)cc1F)[C@H]1C[C@@H](C(=O)N2CCNCC2)N(Cc2ccccc2)C1. The lowest BCUT2D eigenvalue weighted by atomic mass is 10.1. The van der Waals surface area contributed by atoms with Crippen LogP contribution in [0.5, 0.6) is 0 Å². The van der Waals surface area contributed by atoms with Gasteiger partial charge in [0.15, 0.2) is 0 Å². The highest BCUT2D eigenvalue weighted by molar-refractivity contribution is 5.82. The molecular formula is C24H30F2N4O. The Hall–Kier alpha value is -2.35. The summed E-state index contributed by atoms with van der Waals surface area (Å²) in [5, 5.41) is 3.30. The molecule has 7 heteroatoms. The van der Waals surface area contributed by atoms with Crippen molar-refractivity contribution in [3.63, 3.8) is 0 Å². The smallest absolute Gasteiger partial charge is 0.240 e. The van der Waals surface area contributed by atoms with Crippen LogP contribution in [0.25, 0.3) is 0 Å². The average Bonchev–Trinajstić information content (AvgIpc) is 3.20. The number of carbonyl (C=O) groups excluding carboxylic acids is 1. The summed E-state index contributed by atoms with van der Waals surface area (Å²) in [6.45, 7) is 4.93. The summed E-state index contributed by atoms with van der Waals surface area (Å²) in [6, 6.07) is 13.8. The molecule has 0 saturated carbocycles. The van der Waals surface area contributed by atoms with Crippen molar-refractivity contribution in [3.05, 3.63) is 71.3 Å². The number of piperazine rings is 1. The zero-order chi connectivity index (χ0) is 21.8. The molecule has 1 N–H and O–H groups in total. The third kappa shape index (κ3) is 5.29. The summed E-state index contributed by atoms with van der Waals surface area (Å²) in [6.07, 6.45) is 0.703. The van der Waals surface area contributed by atoms with Crippen LogP contribution >= 0.6 is 0 Å². The molecule has 0 aliphatic carbocycles. The van der Waals surface area contributed by atoms with Crippen LogP contribution in [0.4, 0.5) is 8.78 Å². The average molecular weight is 429 g/mol. The first-order valence-corrected chi connectivity index (χ1v) is 10.9. The Morgan fingerprint density at radius 1 is 1.13 bits per heavy atom. The van der Waals surface area contributed by atoms with Gasteiger partial charge in [-0.05, 0) is 25.1 Å². The van der Waals surface area contributed by atoms with Gasteiger partial charge in [0, 0.05) is 63.5 Å². The molecule has 2 heterocycles. The fraction of sp³-hybridized carbons (Fsp3) is 0.458. The lowest BCUT2D eigenvalue weighted by Gasteiger charge is -2.32. The maximum Gasteiger partial charge on any atom is 0.240 e. The first-order valence-electron chi connectivity index (χ1n) is 10.9. The van der Waals surface area contributed by atoms with Crippen molar-refractivity contribution in [2.45, 2.75) is 31.6 Å². The Morgan fingerprint density at radius 2 is 1.87 bits per heavy atom. The molecule has 2 aliphatic rings. The van der Waals surface area contributed by atoms with Gasteiger partial charge in [-0.15, -0.1) is 0 Å². The quantitative estimate of drug-likeness (QED) is 0.767. The van der Waals surface area contributed by atoms with E-state index in [4.69, 9.17) is 0 Å². The predicted octanol–water partition coefficient (Wildman–Crippen LogP) is 2.47. The number of benzene rings is 2. The normalized spacial score (nSPS) is 22.3. The van der Waals surface area contributed by atoms with Crippen LogP contribution in [0.3, 0.4) is 0 Å². The number of amides is 1. The molecule has 4 rings (SSSR count). The van der Waals surface area contributed by atoms with Gasteiger partial charge >= 0.3 is 0 Å². The molecule has 2 aliphatic heterocycles. The van der Waals surface area contributed by atoms with E-state index in [0.717, 1.165) is 38.8 Å². The maximum absolute atomic E-state index is 14.2. The van der Waals surface area contributed by atoms with Crippen LogP contribution in [0, 0.1) is 11.6 Å². The third-order valence-corrected chi connectivity index (χ3v) is 6.38. The van der Waals surface area contributed by atoms with Gasteiger partial charge < -0.3 is 10.2 Å². The molecule has 2 aromatic carbocycles. The number of likely N-dealkylation sites (N-methyl/N-ethyl adjacent to an activating group) is 1. The summed E-state index contributed by atoms with van der Waals surface area (Å²) >= 11 is 0. The lowest BCUT2D eigenvalue weighted by Crippen LogP contribution is -2.52. The molecular weight excluding hydrogens is 398 g/mol. The lowest BCUT2D eigenvalue weighted by molar-refractivity contribution is -0.136. The van der Waals surface area contributed by atoms with E-state index in [1.165, 1.54) is 17.7 Å². The Bertz CT molecular complexity index is 888. The largest absolute Gasteiger partial charge is 0.339 e. The van der Waals surface area contributed by atoms with Crippen LogP contribution in [0.15, 0.2) is 48.5 Å². The van der Waals surface area contributed by atoms with Crippen molar-refractivity contribution in [3.8, 4) is 0 Å². The highest BCUT2D eigenvalue weighted by Gasteiger charge is 2.40. The number of hydrogen-bond donors (Lipinski definition) is 1. The van der Waals surface area contributed by atoms with Gasteiger partial charge in [-0.2, -0.15) is 0 Å². The van der Waals surface area contributed by atoms with E-state index in [-0.39, 0.29) is 18.0 Å². The van der Waals surface area contributed by atoms with Crippen LogP contribution in [0.2, 0.25) is 0 Å². The molecule has 2 atom stereocenters. The Morgan fingerprint density at radius 3 is 2.58 bits per heavy atom. The molecule has 5 nitrogen and oxygen atoms in total.